The van der Waals surface area contributed by atoms with E-state index in [1.54, 1.807) is 6.92 Å². The van der Waals surface area contributed by atoms with Crippen molar-refractivity contribution in [2.75, 3.05) is 11.9 Å². The highest BCUT2D eigenvalue weighted by molar-refractivity contribution is 5.94. The molecule has 0 fully saturated rings. The Labute approximate surface area is 159 Å². The summed E-state index contributed by atoms with van der Waals surface area (Å²) in [5.74, 6) is -0.102. The summed E-state index contributed by atoms with van der Waals surface area (Å²) in [4.78, 5) is 21.0. The van der Waals surface area contributed by atoms with E-state index in [-0.39, 0.29) is 5.91 Å². The van der Waals surface area contributed by atoms with Crippen LogP contribution in [0.25, 0.3) is 6.08 Å². The van der Waals surface area contributed by atoms with Crippen LogP contribution in [0, 0.1) is 0 Å². The molecule has 1 unspecified atom stereocenters. The lowest BCUT2D eigenvalue weighted by molar-refractivity contribution is -0.128. The van der Waals surface area contributed by atoms with Gasteiger partial charge in [-0.3, -0.25) is 9.59 Å². The van der Waals surface area contributed by atoms with Crippen LogP contribution in [0.4, 0.5) is 5.69 Å². The number of nitrogens with one attached hydrogen (secondary N) is 1. The van der Waals surface area contributed by atoms with Gasteiger partial charge >= 0.3 is 0 Å². The number of anilines is 1. The Hall–Kier alpha value is -2.14. The number of amides is 1. The second-order valence-electron chi connectivity index (χ2n) is 5.27. The van der Waals surface area contributed by atoms with Crippen molar-refractivity contribution < 1.29 is 14.3 Å². The lowest BCUT2D eigenvalue weighted by atomic mass is 10.1. The average Bonchev–Trinajstić information content (AvgIpc) is 2.66. The van der Waals surface area contributed by atoms with Gasteiger partial charge in [-0.25, -0.2) is 0 Å². The third-order valence-corrected chi connectivity index (χ3v) is 3.23. The van der Waals surface area contributed by atoms with Gasteiger partial charge in [0, 0.05) is 5.69 Å². The molecule has 1 amide bonds. The van der Waals surface area contributed by atoms with Gasteiger partial charge in [-0.15, -0.1) is 0 Å². The highest BCUT2D eigenvalue weighted by Gasteiger charge is 2.12. The molecule has 0 aliphatic carbocycles. The Morgan fingerprint density at radius 2 is 1.81 bits per heavy atom. The number of carbonyl (C=O) groups is 2. The molecule has 0 radical (unpaired) electrons. The molecular formula is C21H36N2O3. The zero-order valence-corrected chi connectivity index (χ0v) is 17.0. The van der Waals surface area contributed by atoms with Gasteiger partial charge in [0.15, 0.2) is 0 Å². The van der Waals surface area contributed by atoms with Crippen molar-refractivity contribution >= 4 is 24.1 Å². The van der Waals surface area contributed by atoms with E-state index in [1.807, 2.05) is 57.2 Å². The number of rotatable bonds is 9. The molecule has 0 saturated heterocycles. The van der Waals surface area contributed by atoms with Gasteiger partial charge in [-0.1, -0.05) is 64.3 Å². The minimum atomic E-state index is -0.415. The molecule has 0 aromatic heterocycles. The molecule has 1 aromatic carbocycles. The van der Waals surface area contributed by atoms with Gasteiger partial charge in [-0.2, -0.15) is 0 Å². The van der Waals surface area contributed by atoms with E-state index in [9.17, 15) is 9.59 Å². The highest BCUT2D eigenvalue weighted by Crippen LogP contribution is 2.12. The summed E-state index contributed by atoms with van der Waals surface area (Å²) in [6, 6.07) is 7.32. The first-order valence-corrected chi connectivity index (χ1v) is 9.43. The standard InChI is InChI=1S/C16H24N2O.C3H6O2.C2H6/c1-3-5-6-8-15(17)16(19)18-14-11-9-13(7-4-2)10-12-14;1-2-5-3-4;1-2/h4,7,9-12,15H,3,5-6,8,17H2,1-2H3,(H,18,19);3H,2H2,1H3;1-2H3/b7-4+;;. The van der Waals surface area contributed by atoms with Crippen molar-refractivity contribution in [3.05, 3.63) is 35.9 Å². The molecule has 0 spiro atoms. The van der Waals surface area contributed by atoms with Crippen LogP contribution in [-0.4, -0.2) is 25.0 Å². The molecule has 1 rings (SSSR count). The van der Waals surface area contributed by atoms with Crippen LogP contribution in [0.3, 0.4) is 0 Å². The van der Waals surface area contributed by atoms with Crippen molar-refractivity contribution in [2.45, 2.75) is 66.3 Å². The minimum absolute atomic E-state index is 0.102. The molecule has 1 aromatic rings. The average molecular weight is 365 g/mol. The second-order valence-corrected chi connectivity index (χ2v) is 5.27. The van der Waals surface area contributed by atoms with E-state index in [2.05, 4.69) is 17.0 Å². The maximum Gasteiger partial charge on any atom is 0.293 e. The number of allylic oxidation sites excluding steroid dienone is 1. The normalized spacial score (nSPS) is 10.7. The molecule has 0 aliphatic rings. The van der Waals surface area contributed by atoms with Crippen LogP contribution in [0.2, 0.25) is 0 Å². The molecule has 148 valence electrons. The summed E-state index contributed by atoms with van der Waals surface area (Å²) < 4.78 is 4.15. The Morgan fingerprint density at radius 1 is 1.19 bits per heavy atom. The Balaban J connectivity index is 0. The van der Waals surface area contributed by atoms with Crippen molar-refractivity contribution in [1.82, 2.24) is 0 Å². The largest absolute Gasteiger partial charge is 0.468 e. The van der Waals surface area contributed by atoms with Crippen LogP contribution in [0.15, 0.2) is 30.3 Å². The summed E-state index contributed by atoms with van der Waals surface area (Å²) in [7, 11) is 0. The third kappa shape index (κ3) is 14.2. The molecule has 0 heterocycles. The van der Waals surface area contributed by atoms with Crippen molar-refractivity contribution in [2.24, 2.45) is 5.73 Å². The number of hydrogen-bond acceptors (Lipinski definition) is 4. The monoisotopic (exact) mass is 364 g/mol. The van der Waals surface area contributed by atoms with E-state index in [1.165, 1.54) is 0 Å². The quantitative estimate of drug-likeness (QED) is 0.488. The van der Waals surface area contributed by atoms with Crippen LogP contribution in [0.1, 0.15) is 65.9 Å². The number of unbranched alkanes of at least 4 members (excludes halogenated alkanes) is 2. The van der Waals surface area contributed by atoms with E-state index in [0.29, 0.717) is 13.1 Å². The van der Waals surface area contributed by atoms with Gasteiger partial charge in [0.1, 0.15) is 0 Å². The summed E-state index contributed by atoms with van der Waals surface area (Å²) >= 11 is 0. The first-order valence-electron chi connectivity index (χ1n) is 9.43. The van der Waals surface area contributed by atoms with Gasteiger partial charge in [0.2, 0.25) is 5.91 Å². The molecule has 0 aliphatic heterocycles. The van der Waals surface area contributed by atoms with E-state index in [4.69, 9.17) is 5.73 Å². The molecule has 26 heavy (non-hydrogen) atoms. The third-order valence-electron chi connectivity index (χ3n) is 3.23. The maximum atomic E-state index is 11.9. The predicted octanol–water partition coefficient (Wildman–Crippen LogP) is 4.77. The van der Waals surface area contributed by atoms with E-state index >= 15 is 0 Å². The fourth-order valence-corrected chi connectivity index (χ4v) is 1.92. The lowest BCUT2D eigenvalue weighted by Gasteiger charge is -2.12. The molecule has 3 N–H and O–H groups in total. The Kier molecular flexibility index (Phi) is 19.3. The molecule has 5 nitrogen and oxygen atoms in total. The topological polar surface area (TPSA) is 81.4 Å². The second kappa shape index (κ2) is 19.2. The van der Waals surface area contributed by atoms with E-state index < -0.39 is 6.04 Å². The Morgan fingerprint density at radius 3 is 2.23 bits per heavy atom. The van der Waals surface area contributed by atoms with Gasteiger partial charge < -0.3 is 15.8 Å². The van der Waals surface area contributed by atoms with Gasteiger partial charge in [0.05, 0.1) is 12.6 Å². The summed E-state index contributed by atoms with van der Waals surface area (Å²) in [6.45, 7) is 10.8. The van der Waals surface area contributed by atoms with Crippen molar-refractivity contribution in [1.29, 1.82) is 0 Å². The molecular weight excluding hydrogens is 328 g/mol. The predicted molar refractivity (Wildman–Crippen MR) is 111 cm³/mol. The SMILES string of the molecule is C/C=C/c1ccc(NC(=O)C(N)CCCCC)cc1.CC.CCOC=O. The number of carbonyl (C=O) groups excluding carboxylic acids is 2. The number of nitrogens with two attached hydrogens (primary N) is 1. The fourth-order valence-electron chi connectivity index (χ4n) is 1.92. The molecule has 0 bridgehead atoms. The maximum absolute atomic E-state index is 11.9. The van der Waals surface area contributed by atoms with Crippen LogP contribution in [-0.2, 0) is 14.3 Å². The zero-order chi connectivity index (χ0) is 20.2. The minimum Gasteiger partial charge on any atom is -0.468 e. The number of benzene rings is 1. The van der Waals surface area contributed by atoms with Crippen LogP contribution < -0.4 is 11.1 Å². The zero-order valence-electron chi connectivity index (χ0n) is 17.0. The smallest absolute Gasteiger partial charge is 0.293 e. The van der Waals surface area contributed by atoms with Gasteiger partial charge in [0.25, 0.3) is 6.47 Å². The van der Waals surface area contributed by atoms with Crippen LogP contribution in [0.5, 0.6) is 0 Å². The number of hydrogen-bond donors (Lipinski definition) is 2. The molecule has 5 heteroatoms. The fraction of sp³-hybridized carbons (Fsp3) is 0.524. The summed E-state index contributed by atoms with van der Waals surface area (Å²) in [6.07, 6.45) is 8.01. The van der Waals surface area contributed by atoms with Gasteiger partial charge in [-0.05, 0) is 38.0 Å². The summed E-state index contributed by atoms with van der Waals surface area (Å²) in [5, 5.41) is 2.85. The van der Waals surface area contributed by atoms with Crippen LogP contribution >= 0.6 is 0 Å². The Bertz CT molecular complexity index is 485. The highest BCUT2D eigenvalue weighted by atomic mass is 16.5. The summed E-state index contributed by atoms with van der Waals surface area (Å²) in [5.41, 5.74) is 7.77. The van der Waals surface area contributed by atoms with E-state index in [0.717, 1.165) is 36.9 Å². The van der Waals surface area contributed by atoms with Crippen molar-refractivity contribution in [3.63, 3.8) is 0 Å². The molecule has 1 atom stereocenters. The van der Waals surface area contributed by atoms with Crippen molar-refractivity contribution in [3.8, 4) is 0 Å². The lowest BCUT2D eigenvalue weighted by Crippen LogP contribution is -2.35. The number of ether oxygens (including phenoxy) is 1. The first-order chi connectivity index (χ1) is 12.6. The molecule has 0 saturated carbocycles. The first kappa shape index (κ1) is 26.1.